The summed E-state index contributed by atoms with van der Waals surface area (Å²) in [6.45, 7) is 4.52. The van der Waals surface area contributed by atoms with Gasteiger partial charge < -0.3 is 15.5 Å². The van der Waals surface area contributed by atoms with E-state index < -0.39 is 0 Å². The number of nitrogens with zero attached hydrogens (tertiary/aromatic N) is 1. The summed E-state index contributed by atoms with van der Waals surface area (Å²) in [5.74, 6) is 1.13. The minimum absolute atomic E-state index is 0.252. The Balaban J connectivity index is 1.32. The summed E-state index contributed by atoms with van der Waals surface area (Å²) in [6.07, 6.45) is 8.39. The smallest absolute Gasteiger partial charge is 0.221 e. The van der Waals surface area contributed by atoms with Gasteiger partial charge in [-0.15, -0.1) is 0 Å². The summed E-state index contributed by atoms with van der Waals surface area (Å²) in [6, 6.07) is 1.28. The van der Waals surface area contributed by atoms with Gasteiger partial charge in [0.1, 0.15) is 0 Å². The number of carbonyl (C=O) groups is 1. The van der Waals surface area contributed by atoms with Gasteiger partial charge in [0.25, 0.3) is 0 Å². The van der Waals surface area contributed by atoms with Crippen LogP contribution in [0.3, 0.4) is 0 Å². The molecular formula is C15H27N3O. The molecule has 4 nitrogen and oxygen atoms in total. The van der Waals surface area contributed by atoms with E-state index in [-0.39, 0.29) is 5.91 Å². The maximum absolute atomic E-state index is 11.7. The van der Waals surface area contributed by atoms with Crippen LogP contribution in [-0.4, -0.2) is 49.1 Å². The first-order valence-electron chi connectivity index (χ1n) is 8.06. The van der Waals surface area contributed by atoms with Crippen molar-refractivity contribution in [2.24, 2.45) is 5.92 Å². The quantitative estimate of drug-likeness (QED) is 0.783. The zero-order chi connectivity index (χ0) is 13.1. The second-order valence-corrected chi connectivity index (χ2v) is 6.47. The second kappa shape index (κ2) is 6.23. The van der Waals surface area contributed by atoms with Gasteiger partial charge in [-0.25, -0.2) is 0 Å². The first-order valence-corrected chi connectivity index (χ1v) is 8.06. The first-order chi connectivity index (χ1) is 9.31. The number of nitrogens with one attached hydrogen (secondary N) is 2. The highest BCUT2D eigenvalue weighted by Crippen LogP contribution is 2.25. The Morgan fingerprint density at radius 3 is 2.58 bits per heavy atom. The predicted molar refractivity (Wildman–Crippen MR) is 76.0 cm³/mol. The highest BCUT2D eigenvalue weighted by Gasteiger charge is 2.28. The fourth-order valence-electron chi connectivity index (χ4n) is 3.48. The maximum Gasteiger partial charge on any atom is 0.221 e. The second-order valence-electron chi connectivity index (χ2n) is 6.47. The molecule has 3 rings (SSSR count). The third kappa shape index (κ3) is 3.93. The molecule has 0 radical (unpaired) electrons. The molecule has 0 aromatic heterocycles. The van der Waals surface area contributed by atoms with E-state index in [1.54, 1.807) is 0 Å². The van der Waals surface area contributed by atoms with Crippen molar-refractivity contribution in [2.45, 2.75) is 57.0 Å². The maximum atomic E-state index is 11.7. The lowest BCUT2D eigenvalue weighted by molar-refractivity contribution is -0.121. The predicted octanol–water partition coefficient (Wildman–Crippen LogP) is 1.12. The van der Waals surface area contributed by atoms with E-state index in [1.807, 2.05) is 0 Å². The monoisotopic (exact) mass is 265 g/mol. The van der Waals surface area contributed by atoms with Crippen LogP contribution in [0.5, 0.6) is 0 Å². The van der Waals surface area contributed by atoms with Gasteiger partial charge in [-0.2, -0.15) is 0 Å². The molecule has 0 aromatic rings. The molecule has 2 N–H and O–H groups in total. The lowest BCUT2D eigenvalue weighted by atomic mass is 9.88. The van der Waals surface area contributed by atoms with E-state index >= 15 is 0 Å². The topological polar surface area (TPSA) is 44.4 Å². The fraction of sp³-hybridized carbons (Fsp3) is 0.933. The molecule has 1 amide bonds. The Bertz CT molecular complexity index is 303. The van der Waals surface area contributed by atoms with Gasteiger partial charge in [-0.3, -0.25) is 4.79 Å². The number of amides is 1. The molecule has 2 heterocycles. The molecule has 0 bridgehead atoms. The van der Waals surface area contributed by atoms with Gasteiger partial charge in [0.2, 0.25) is 5.91 Å². The average Bonchev–Trinajstić information content (AvgIpc) is 3.07. The van der Waals surface area contributed by atoms with Gasteiger partial charge in [-0.1, -0.05) is 0 Å². The number of hydrogen-bond donors (Lipinski definition) is 2. The number of hydrogen-bond acceptors (Lipinski definition) is 3. The Labute approximate surface area is 116 Å². The summed E-state index contributed by atoms with van der Waals surface area (Å²) in [7, 11) is 0. The van der Waals surface area contributed by atoms with Crippen molar-refractivity contribution in [1.82, 2.24) is 15.5 Å². The van der Waals surface area contributed by atoms with Crippen molar-refractivity contribution in [1.29, 1.82) is 0 Å². The van der Waals surface area contributed by atoms with Crippen LogP contribution in [0, 0.1) is 5.92 Å². The SMILES string of the molecule is O=C(CCN1CCC(C2CCCN2)CC1)NC1CC1. The Morgan fingerprint density at radius 2 is 1.95 bits per heavy atom. The lowest BCUT2D eigenvalue weighted by Gasteiger charge is -2.34. The molecule has 2 saturated heterocycles. The lowest BCUT2D eigenvalue weighted by Crippen LogP contribution is -2.42. The van der Waals surface area contributed by atoms with E-state index in [1.165, 1.54) is 58.2 Å². The van der Waals surface area contributed by atoms with Crippen LogP contribution < -0.4 is 10.6 Å². The molecule has 19 heavy (non-hydrogen) atoms. The Morgan fingerprint density at radius 1 is 1.16 bits per heavy atom. The highest BCUT2D eigenvalue weighted by molar-refractivity contribution is 5.76. The first kappa shape index (κ1) is 13.4. The van der Waals surface area contributed by atoms with Crippen molar-refractivity contribution < 1.29 is 4.79 Å². The van der Waals surface area contributed by atoms with Crippen LogP contribution in [0.1, 0.15) is 44.9 Å². The molecule has 0 spiro atoms. The third-order valence-electron chi connectivity index (χ3n) is 4.90. The summed E-state index contributed by atoms with van der Waals surface area (Å²) >= 11 is 0. The normalized spacial score (nSPS) is 29.6. The summed E-state index contributed by atoms with van der Waals surface area (Å²) in [5, 5.41) is 6.71. The van der Waals surface area contributed by atoms with Crippen molar-refractivity contribution >= 4 is 5.91 Å². The van der Waals surface area contributed by atoms with Crippen LogP contribution in [-0.2, 0) is 4.79 Å². The van der Waals surface area contributed by atoms with Gasteiger partial charge in [-0.05, 0) is 64.1 Å². The molecule has 1 unspecified atom stereocenters. The molecule has 3 fully saturated rings. The number of likely N-dealkylation sites (tertiary alicyclic amines) is 1. The average molecular weight is 265 g/mol. The summed E-state index contributed by atoms with van der Waals surface area (Å²) in [5.41, 5.74) is 0. The van der Waals surface area contributed by atoms with Crippen LogP contribution >= 0.6 is 0 Å². The standard InChI is InChI=1S/C15H27N3O/c19-15(17-13-3-4-13)7-11-18-9-5-12(6-10-18)14-2-1-8-16-14/h12-14,16H,1-11H2,(H,17,19). The molecule has 0 aromatic carbocycles. The van der Waals surface area contributed by atoms with Gasteiger partial charge in [0, 0.05) is 25.0 Å². The fourth-order valence-corrected chi connectivity index (χ4v) is 3.48. The van der Waals surface area contributed by atoms with Crippen molar-refractivity contribution in [3.05, 3.63) is 0 Å². The number of carbonyl (C=O) groups excluding carboxylic acids is 1. The van der Waals surface area contributed by atoms with Crippen molar-refractivity contribution in [3.63, 3.8) is 0 Å². The van der Waals surface area contributed by atoms with E-state index in [4.69, 9.17) is 0 Å². The molecule has 108 valence electrons. The van der Waals surface area contributed by atoms with Crippen LogP contribution in [0.15, 0.2) is 0 Å². The zero-order valence-electron chi connectivity index (χ0n) is 11.9. The molecular weight excluding hydrogens is 238 g/mol. The van der Waals surface area contributed by atoms with Gasteiger partial charge >= 0.3 is 0 Å². The molecule has 1 aliphatic carbocycles. The number of piperidine rings is 1. The number of rotatable bonds is 5. The van der Waals surface area contributed by atoms with Crippen LogP contribution in [0.25, 0.3) is 0 Å². The molecule has 1 saturated carbocycles. The van der Waals surface area contributed by atoms with E-state index in [0.717, 1.165) is 18.5 Å². The molecule has 2 aliphatic heterocycles. The minimum Gasteiger partial charge on any atom is -0.353 e. The zero-order valence-corrected chi connectivity index (χ0v) is 11.9. The highest BCUT2D eigenvalue weighted by atomic mass is 16.1. The van der Waals surface area contributed by atoms with Gasteiger partial charge in [0.15, 0.2) is 0 Å². The third-order valence-corrected chi connectivity index (χ3v) is 4.90. The van der Waals surface area contributed by atoms with Crippen molar-refractivity contribution in [3.8, 4) is 0 Å². The van der Waals surface area contributed by atoms with E-state index in [0.29, 0.717) is 12.5 Å². The summed E-state index contributed by atoms with van der Waals surface area (Å²) < 4.78 is 0. The molecule has 4 heteroatoms. The van der Waals surface area contributed by atoms with E-state index in [2.05, 4.69) is 15.5 Å². The molecule has 1 atom stereocenters. The Kier molecular flexibility index (Phi) is 4.38. The van der Waals surface area contributed by atoms with Gasteiger partial charge in [0.05, 0.1) is 0 Å². The Hall–Kier alpha value is -0.610. The van der Waals surface area contributed by atoms with Crippen LogP contribution in [0.2, 0.25) is 0 Å². The van der Waals surface area contributed by atoms with E-state index in [9.17, 15) is 4.79 Å². The van der Waals surface area contributed by atoms with Crippen molar-refractivity contribution in [2.75, 3.05) is 26.2 Å². The van der Waals surface area contributed by atoms with Crippen LogP contribution in [0.4, 0.5) is 0 Å². The minimum atomic E-state index is 0.252. The summed E-state index contributed by atoms with van der Waals surface area (Å²) in [4.78, 5) is 14.1. The largest absolute Gasteiger partial charge is 0.353 e. The molecule has 3 aliphatic rings.